The average Bonchev–Trinajstić information content (AvgIpc) is 4.04. The molecule has 0 saturated carbocycles. The second-order valence-corrected chi connectivity index (χ2v) is 19.5. The van der Waals surface area contributed by atoms with Crippen molar-refractivity contribution < 1.29 is 9.53 Å². The number of esters is 1. The minimum atomic E-state index is -0.418. The summed E-state index contributed by atoms with van der Waals surface area (Å²) in [5.41, 5.74) is 16.7. The van der Waals surface area contributed by atoms with Crippen LogP contribution < -0.4 is 0 Å². The average molecular weight is 963 g/mol. The molecule has 0 spiro atoms. The molecule has 354 valence electrons. The number of hydrogen-bond donors (Lipinski definition) is 0. The van der Waals surface area contributed by atoms with E-state index in [1.165, 1.54) is 33.0 Å². The maximum absolute atomic E-state index is 14.5. The lowest BCUT2D eigenvalue weighted by Crippen LogP contribution is -2.09. The number of carbonyl (C=O) groups is 1. The van der Waals surface area contributed by atoms with E-state index in [0.717, 1.165) is 94.8 Å². The van der Waals surface area contributed by atoms with Crippen molar-refractivity contribution >= 4 is 49.3 Å². The highest BCUT2D eigenvalue weighted by Crippen LogP contribution is 2.44. The van der Waals surface area contributed by atoms with Crippen LogP contribution in [0.3, 0.4) is 0 Å². The van der Waals surface area contributed by atoms with Gasteiger partial charge in [-0.15, -0.1) is 0 Å². The fraction of sp³-hybridized carbons (Fsp3) is 0.0435. The highest BCUT2D eigenvalue weighted by Gasteiger charge is 2.26. The van der Waals surface area contributed by atoms with Crippen LogP contribution in [-0.4, -0.2) is 25.5 Å². The second-order valence-electron chi connectivity index (χ2n) is 19.5. The number of fused-ring (bicyclic) bond motifs is 8. The molecule has 0 saturated heterocycles. The lowest BCUT2D eigenvalue weighted by atomic mass is 9.90. The molecule has 0 radical (unpaired) electrons. The third kappa shape index (κ3) is 7.83. The van der Waals surface area contributed by atoms with Crippen molar-refractivity contribution in [1.82, 2.24) is 19.5 Å². The van der Waals surface area contributed by atoms with Crippen molar-refractivity contribution in [3.05, 3.63) is 264 Å². The molecular weight excluding hydrogens is 917 g/mol. The Bertz CT molecular complexity index is 4320. The van der Waals surface area contributed by atoms with Crippen molar-refractivity contribution in [2.24, 2.45) is 0 Å². The quantitative estimate of drug-likeness (QED) is 0.135. The number of rotatable bonds is 9. The first kappa shape index (κ1) is 44.0. The van der Waals surface area contributed by atoms with Crippen molar-refractivity contribution in [2.45, 2.75) is 20.0 Å². The Morgan fingerprint density at radius 2 is 0.960 bits per heavy atom. The van der Waals surface area contributed by atoms with Gasteiger partial charge >= 0.3 is 5.97 Å². The van der Waals surface area contributed by atoms with Crippen LogP contribution in [0.5, 0.6) is 0 Å². The van der Waals surface area contributed by atoms with E-state index in [2.05, 4.69) is 187 Å². The first-order valence-electron chi connectivity index (χ1n) is 25.4. The van der Waals surface area contributed by atoms with E-state index in [1.54, 1.807) is 0 Å². The van der Waals surface area contributed by atoms with E-state index in [0.29, 0.717) is 23.0 Å². The van der Waals surface area contributed by atoms with Gasteiger partial charge in [-0.3, -0.25) is 0 Å². The Hall–Kier alpha value is -9.78. The summed E-state index contributed by atoms with van der Waals surface area (Å²) in [5.74, 6) is 1.15. The standard InChI is InChI=1S/C69H46N4O2/c1-43-34-55(73-63-39-50-22-10-8-20-48(50)36-60(63)61-37-49-21-9-11-23-51(49)40-64(61)73)41-62(65(43)57-26-14-15-27-58(57)69(74)75-42-44-16-4-2-5-17-44)68-71-66(47-30-28-46(29-31-47)45-18-6-3-7-19-45)70-67(72-68)54-33-32-53-35-52-24-12-13-25-56(52)59(53)38-54/h2-34,36-41H,35,42H2,1H3. The summed E-state index contributed by atoms with van der Waals surface area (Å²) in [7, 11) is 0. The van der Waals surface area contributed by atoms with E-state index in [4.69, 9.17) is 19.7 Å². The first-order chi connectivity index (χ1) is 37.0. The van der Waals surface area contributed by atoms with E-state index < -0.39 is 5.97 Å². The van der Waals surface area contributed by atoms with Gasteiger partial charge in [0.15, 0.2) is 17.5 Å². The monoisotopic (exact) mass is 962 g/mol. The Morgan fingerprint density at radius 1 is 0.440 bits per heavy atom. The number of nitrogens with zero attached hydrogens (tertiary/aromatic N) is 4. The van der Waals surface area contributed by atoms with Crippen LogP contribution in [0.15, 0.2) is 237 Å². The van der Waals surface area contributed by atoms with E-state index in [-0.39, 0.29) is 6.61 Å². The molecule has 6 heteroatoms. The lowest BCUT2D eigenvalue weighted by Gasteiger charge is -2.20. The number of benzene rings is 11. The maximum Gasteiger partial charge on any atom is 0.339 e. The molecule has 1 aliphatic carbocycles. The van der Waals surface area contributed by atoms with Gasteiger partial charge in [0.25, 0.3) is 0 Å². The molecule has 0 N–H and O–H groups in total. The Labute approximate surface area is 433 Å². The maximum atomic E-state index is 14.5. The number of hydrogen-bond acceptors (Lipinski definition) is 5. The van der Waals surface area contributed by atoms with Crippen molar-refractivity contribution in [2.75, 3.05) is 0 Å². The number of ether oxygens (including phenoxy) is 1. The second kappa shape index (κ2) is 18.1. The summed E-state index contributed by atoms with van der Waals surface area (Å²) in [6.07, 6.45) is 0.879. The Kier molecular flexibility index (Phi) is 10.6. The minimum absolute atomic E-state index is 0.143. The van der Waals surface area contributed by atoms with Gasteiger partial charge in [0, 0.05) is 33.2 Å². The number of carbonyl (C=O) groups excluding carboxylic acids is 1. The van der Waals surface area contributed by atoms with Gasteiger partial charge in [0.2, 0.25) is 0 Å². The molecule has 14 rings (SSSR count). The summed E-state index contributed by atoms with van der Waals surface area (Å²) in [5, 5.41) is 6.97. The first-order valence-corrected chi connectivity index (χ1v) is 25.4. The number of aromatic nitrogens is 4. The fourth-order valence-electron chi connectivity index (χ4n) is 11.2. The van der Waals surface area contributed by atoms with Gasteiger partial charge in [-0.2, -0.15) is 0 Å². The van der Waals surface area contributed by atoms with Crippen LogP contribution in [0.2, 0.25) is 0 Å². The Balaban J connectivity index is 1.03. The summed E-state index contributed by atoms with van der Waals surface area (Å²) in [6.45, 7) is 2.26. The summed E-state index contributed by atoms with van der Waals surface area (Å²) >= 11 is 0. The van der Waals surface area contributed by atoms with Crippen LogP contribution in [0.25, 0.3) is 117 Å². The predicted octanol–water partition coefficient (Wildman–Crippen LogP) is 16.8. The van der Waals surface area contributed by atoms with Crippen LogP contribution in [0.4, 0.5) is 0 Å². The third-order valence-electron chi connectivity index (χ3n) is 14.9. The van der Waals surface area contributed by atoms with Gasteiger partial charge in [-0.05, 0) is 139 Å². The molecule has 0 bridgehead atoms. The van der Waals surface area contributed by atoms with Gasteiger partial charge in [0.05, 0.1) is 16.6 Å². The molecule has 0 aliphatic heterocycles. The van der Waals surface area contributed by atoms with Crippen molar-refractivity contribution in [1.29, 1.82) is 0 Å². The van der Waals surface area contributed by atoms with Crippen LogP contribution in [-0.2, 0) is 17.8 Å². The normalized spacial score (nSPS) is 11.9. The predicted molar refractivity (Wildman–Crippen MR) is 305 cm³/mol. The molecule has 2 aromatic heterocycles. The topological polar surface area (TPSA) is 69.9 Å². The molecule has 2 heterocycles. The molecule has 6 nitrogen and oxygen atoms in total. The molecular formula is C69H46N4O2. The summed E-state index contributed by atoms with van der Waals surface area (Å²) in [4.78, 5) is 30.7. The third-order valence-corrected chi connectivity index (χ3v) is 14.9. The van der Waals surface area contributed by atoms with E-state index >= 15 is 0 Å². The smallest absolute Gasteiger partial charge is 0.339 e. The van der Waals surface area contributed by atoms with Crippen LogP contribution >= 0.6 is 0 Å². The zero-order chi connectivity index (χ0) is 50.0. The molecule has 0 atom stereocenters. The zero-order valence-electron chi connectivity index (χ0n) is 41.0. The molecule has 0 amide bonds. The van der Waals surface area contributed by atoms with Gasteiger partial charge in [0.1, 0.15) is 6.61 Å². The molecule has 0 fully saturated rings. The molecule has 13 aromatic rings. The van der Waals surface area contributed by atoms with Gasteiger partial charge in [-0.1, -0.05) is 188 Å². The zero-order valence-corrected chi connectivity index (χ0v) is 41.0. The Morgan fingerprint density at radius 3 is 1.65 bits per heavy atom. The minimum Gasteiger partial charge on any atom is -0.457 e. The largest absolute Gasteiger partial charge is 0.457 e. The summed E-state index contributed by atoms with van der Waals surface area (Å²) < 4.78 is 8.47. The summed E-state index contributed by atoms with van der Waals surface area (Å²) in [6, 6.07) is 82.4. The fourth-order valence-corrected chi connectivity index (χ4v) is 11.2. The van der Waals surface area contributed by atoms with Crippen molar-refractivity contribution in [3.63, 3.8) is 0 Å². The van der Waals surface area contributed by atoms with Gasteiger partial charge in [-0.25, -0.2) is 19.7 Å². The molecule has 11 aromatic carbocycles. The lowest BCUT2D eigenvalue weighted by molar-refractivity contribution is 0.0473. The SMILES string of the molecule is Cc1cc(-n2c3cc4ccccc4cc3c3cc4ccccc4cc32)cc(-c2nc(-c3ccc(-c4ccccc4)cc3)nc(-c3ccc4c(c3)-c3ccccc3C4)n2)c1-c1ccccc1C(=O)OCc1ccccc1. The number of aryl methyl sites for hydroxylation is 1. The van der Waals surface area contributed by atoms with E-state index in [9.17, 15) is 4.79 Å². The van der Waals surface area contributed by atoms with Gasteiger partial charge < -0.3 is 9.30 Å². The molecule has 75 heavy (non-hydrogen) atoms. The van der Waals surface area contributed by atoms with Crippen LogP contribution in [0.1, 0.15) is 32.6 Å². The highest BCUT2D eigenvalue weighted by atomic mass is 16.5. The highest BCUT2D eigenvalue weighted by molar-refractivity contribution is 6.17. The van der Waals surface area contributed by atoms with Crippen molar-refractivity contribution in [3.8, 4) is 73.2 Å². The molecule has 1 aliphatic rings. The van der Waals surface area contributed by atoms with E-state index in [1.807, 2.05) is 60.7 Å². The molecule has 0 unspecified atom stereocenters. The van der Waals surface area contributed by atoms with Crippen LogP contribution in [0, 0.1) is 6.92 Å².